The maximum Gasteiger partial charge on any atom is 0.275 e. The molecule has 0 aliphatic rings. The number of nitrogens with zero attached hydrogens (tertiary/aromatic N) is 3. The summed E-state index contributed by atoms with van der Waals surface area (Å²) in [5.41, 5.74) is 1.01. The number of nitrogens with one attached hydrogen (secondary N) is 2. The number of amides is 2. The van der Waals surface area contributed by atoms with Crippen molar-refractivity contribution in [2.24, 2.45) is 0 Å². The van der Waals surface area contributed by atoms with Crippen LogP contribution in [-0.2, 0) is 4.79 Å². The molecular weight excluding hydrogens is 338 g/mol. The molecular formula is C17H15N5O4. The van der Waals surface area contributed by atoms with E-state index >= 15 is 0 Å². The highest BCUT2D eigenvalue weighted by Crippen LogP contribution is 2.22. The van der Waals surface area contributed by atoms with E-state index < -0.39 is 10.8 Å². The molecule has 3 rings (SSSR count). The van der Waals surface area contributed by atoms with E-state index in [4.69, 9.17) is 0 Å². The molecule has 26 heavy (non-hydrogen) atoms. The van der Waals surface area contributed by atoms with Gasteiger partial charge < -0.3 is 10.2 Å². The molecule has 0 radical (unpaired) electrons. The van der Waals surface area contributed by atoms with Crippen LogP contribution in [0.1, 0.15) is 10.5 Å². The fourth-order valence-electron chi connectivity index (χ4n) is 2.47. The van der Waals surface area contributed by atoms with Gasteiger partial charge in [-0.05, 0) is 18.2 Å². The van der Waals surface area contributed by atoms with Crippen LogP contribution in [0.25, 0.3) is 10.9 Å². The number of benzene rings is 2. The molecule has 0 aliphatic carbocycles. The molecule has 9 nitrogen and oxygen atoms in total. The minimum atomic E-state index is -0.544. The van der Waals surface area contributed by atoms with E-state index in [2.05, 4.69) is 15.5 Å². The van der Waals surface area contributed by atoms with Crippen LogP contribution in [0.3, 0.4) is 0 Å². The number of rotatable bonds is 5. The van der Waals surface area contributed by atoms with Crippen molar-refractivity contribution in [3.8, 4) is 0 Å². The highest BCUT2D eigenvalue weighted by atomic mass is 16.6. The van der Waals surface area contributed by atoms with E-state index in [9.17, 15) is 19.7 Å². The lowest BCUT2D eigenvalue weighted by molar-refractivity contribution is -0.384. The van der Waals surface area contributed by atoms with Gasteiger partial charge in [0.05, 0.1) is 17.0 Å². The predicted molar refractivity (Wildman–Crippen MR) is 94.8 cm³/mol. The Hall–Kier alpha value is -3.75. The van der Waals surface area contributed by atoms with Crippen LogP contribution in [0.4, 0.5) is 11.4 Å². The molecule has 0 atom stereocenters. The Labute approximate surface area is 147 Å². The second-order valence-electron chi connectivity index (χ2n) is 5.63. The molecule has 0 fully saturated rings. The summed E-state index contributed by atoms with van der Waals surface area (Å²) >= 11 is 0. The first-order valence-corrected chi connectivity index (χ1v) is 7.68. The lowest BCUT2D eigenvalue weighted by atomic mass is 10.1. The number of H-pyrrole nitrogens is 1. The number of hydrogen-bond acceptors (Lipinski definition) is 5. The molecule has 2 aromatic carbocycles. The van der Waals surface area contributed by atoms with Gasteiger partial charge in [0.15, 0.2) is 5.69 Å². The highest BCUT2D eigenvalue weighted by molar-refractivity contribution is 6.06. The van der Waals surface area contributed by atoms with Crippen LogP contribution in [0.2, 0.25) is 0 Å². The van der Waals surface area contributed by atoms with Crippen LogP contribution >= 0.6 is 0 Å². The maximum absolute atomic E-state index is 12.6. The van der Waals surface area contributed by atoms with Crippen molar-refractivity contribution < 1.29 is 14.5 Å². The van der Waals surface area contributed by atoms with E-state index in [1.54, 1.807) is 24.3 Å². The third-order valence-corrected chi connectivity index (χ3v) is 3.74. The molecule has 0 bridgehead atoms. The quantitative estimate of drug-likeness (QED) is 0.538. The van der Waals surface area contributed by atoms with E-state index in [0.29, 0.717) is 16.6 Å². The van der Waals surface area contributed by atoms with Gasteiger partial charge in [0.1, 0.15) is 0 Å². The second kappa shape index (κ2) is 7.01. The number of likely N-dealkylation sites (N-methyl/N-ethyl adjacent to an activating group) is 1. The number of carbonyl (C=O) groups excluding carboxylic acids is 2. The number of non-ortho nitro benzene ring substituents is 1. The molecule has 3 aromatic rings. The molecule has 9 heteroatoms. The van der Waals surface area contributed by atoms with Gasteiger partial charge in [0.25, 0.3) is 11.6 Å². The van der Waals surface area contributed by atoms with Gasteiger partial charge in [-0.25, -0.2) is 0 Å². The molecule has 0 saturated heterocycles. The second-order valence-corrected chi connectivity index (χ2v) is 5.63. The Morgan fingerprint density at radius 2 is 1.96 bits per heavy atom. The molecule has 0 aliphatic heterocycles. The first-order chi connectivity index (χ1) is 12.5. The van der Waals surface area contributed by atoms with Crippen LogP contribution in [0.15, 0.2) is 48.5 Å². The molecule has 1 heterocycles. The Kier molecular flexibility index (Phi) is 4.61. The maximum atomic E-state index is 12.6. The van der Waals surface area contributed by atoms with Crippen LogP contribution in [-0.4, -0.2) is 45.4 Å². The van der Waals surface area contributed by atoms with Crippen LogP contribution in [0.5, 0.6) is 0 Å². The van der Waals surface area contributed by atoms with Crippen molar-refractivity contribution in [1.82, 2.24) is 15.1 Å². The van der Waals surface area contributed by atoms with E-state index in [0.717, 1.165) is 0 Å². The van der Waals surface area contributed by atoms with Gasteiger partial charge in [-0.3, -0.25) is 24.8 Å². The smallest absolute Gasteiger partial charge is 0.275 e. The topological polar surface area (TPSA) is 121 Å². The number of para-hydroxylation sites is 1. The summed E-state index contributed by atoms with van der Waals surface area (Å²) in [5, 5.41) is 20.5. The van der Waals surface area contributed by atoms with Crippen molar-refractivity contribution in [1.29, 1.82) is 0 Å². The number of fused-ring (bicyclic) bond motifs is 1. The van der Waals surface area contributed by atoms with Crippen molar-refractivity contribution >= 4 is 34.1 Å². The third-order valence-electron chi connectivity index (χ3n) is 3.74. The van der Waals surface area contributed by atoms with Crippen molar-refractivity contribution in [2.45, 2.75) is 0 Å². The summed E-state index contributed by atoms with van der Waals surface area (Å²) in [7, 11) is 1.46. The predicted octanol–water partition coefficient (Wildman–Crippen LogP) is 2.18. The molecule has 0 spiro atoms. The van der Waals surface area contributed by atoms with Gasteiger partial charge in [-0.1, -0.05) is 18.2 Å². The lowest BCUT2D eigenvalue weighted by Gasteiger charge is -2.15. The van der Waals surface area contributed by atoms with Crippen LogP contribution < -0.4 is 5.32 Å². The average molecular weight is 353 g/mol. The Morgan fingerprint density at radius 1 is 1.23 bits per heavy atom. The largest absolute Gasteiger partial charge is 0.331 e. The zero-order chi connectivity index (χ0) is 18.7. The van der Waals surface area contributed by atoms with E-state index in [1.165, 1.54) is 30.1 Å². The molecule has 0 saturated carbocycles. The SMILES string of the molecule is CN(CC(=O)Nc1ccccc1)C(=O)c1n[nH]c2ccc([N+](=O)[O-])cc12. The Bertz CT molecular complexity index is 983. The number of aromatic amines is 1. The fourth-order valence-corrected chi connectivity index (χ4v) is 2.47. The van der Waals surface area contributed by atoms with Gasteiger partial charge in [0.2, 0.25) is 5.91 Å². The third kappa shape index (κ3) is 3.51. The number of nitro groups is 1. The molecule has 1 aromatic heterocycles. The van der Waals surface area contributed by atoms with Crippen molar-refractivity contribution in [3.05, 3.63) is 64.3 Å². The number of carbonyl (C=O) groups is 2. The Balaban J connectivity index is 1.76. The van der Waals surface area contributed by atoms with E-state index in [-0.39, 0.29) is 23.8 Å². The molecule has 2 amide bonds. The number of aromatic nitrogens is 2. The minimum Gasteiger partial charge on any atom is -0.331 e. The molecule has 132 valence electrons. The van der Waals surface area contributed by atoms with E-state index in [1.807, 2.05) is 6.07 Å². The summed E-state index contributed by atoms with van der Waals surface area (Å²) in [6.45, 7) is -0.184. The van der Waals surface area contributed by atoms with Gasteiger partial charge in [-0.15, -0.1) is 0 Å². The standard InChI is InChI=1S/C17H15N5O4/c1-21(10-15(23)18-11-5-3-2-4-6-11)17(24)16-13-9-12(22(25)26)7-8-14(13)19-20-16/h2-9H,10H2,1H3,(H,18,23)(H,19,20). The van der Waals surface area contributed by atoms with Crippen molar-refractivity contribution in [3.63, 3.8) is 0 Å². The first-order valence-electron chi connectivity index (χ1n) is 7.68. The highest BCUT2D eigenvalue weighted by Gasteiger charge is 2.21. The summed E-state index contributed by atoms with van der Waals surface area (Å²) < 4.78 is 0. The number of hydrogen-bond donors (Lipinski definition) is 2. The van der Waals surface area contributed by atoms with Gasteiger partial charge in [-0.2, -0.15) is 5.10 Å². The Morgan fingerprint density at radius 3 is 2.65 bits per heavy atom. The van der Waals surface area contributed by atoms with Gasteiger partial charge in [0, 0.05) is 30.3 Å². The first kappa shape index (κ1) is 17.1. The summed E-state index contributed by atoms with van der Waals surface area (Å²) in [4.78, 5) is 36.2. The molecule has 2 N–H and O–H groups in total. The van der Waals surface area contributed by atoms with Crippen LogP contribution in [0, 0.1) is 10.1 Å². The summed E-state index contributed by atoms with van der Waals surface area (Å²) in [6, 6.07) is 13.0. The van der Waals surface area contributed by atoms with Crippen molar-refractivity contribution in [2.75, 3.05) is 18.9 Å². The number of anilines is 1. The average Bonchev–Trinajstić information content (AvgIpc) is 3.04. The fraction of sp³-hybridized carbons (Fsp3) is 0.118. The zero-order valence-corrected chi connectivity index (χ0v) is 13.8. The monoisotopic (exact) mass is 353 g/mol. The minimum absolute atomic E-state index is 0.0266. The number of nitro benzene ring substituents is 1. The molecule has 0 unspecified atom stereocenters. The summed E-state index contributed by atoms with van der Waals surface area (Å²) in [5.74, 6) is -0.877. The summed E-state index contributed by atoms with van der Waals surface area (Å²) in [6.07, 6.45) is 0. The lowest BCUT2D eigenvalue weighted by Crippen LogP contribution is -2.35. The normalized spacial score (nSPS) is 10.5. The zero-order valence-electron chi connectivity index (χ0n) is 13.8. The van der Waals surface area contributed by atoms with Gasteiger partial charge >= 0.3 is 0 Å².